The zero-order valence-corrected chi connectivity index (χ0v) is 13.3. The summed E-state index contributed by atoms with van der Waals surface area (Å²) in [5, 5.41) is 11.6. The van der Waals surface area contributed by atoms with E-state index in [1.165, 1.54) is 0 Å². The normalized spacial score (nSPS) is 10.2. The lowest BCUT2D eigenvalue weighted by atomic mass is 10.0. The number of carbonyl (C=O) groups is 1. The maximum absolute atomic E-state index is 11.4. The highest BCUT2D eigenvalue weighted by molar-refractivity contribution is 5.92. The zero-order chi connectivity index (χ0) is 16.7. The molecule has 122 valence electrons. The molecule has 0 unspecified atom stereocenters. The maximum Gasteiger partial charge on any atom is 0.250 e. The van der Waals surface area contributed by atoms with Gasteiger partial charge in [-0.3, -0.25) is 4.79 Å². The largest absolute Gasteiger partial charge is 0.493 e. The van der Waals surface area contributed by atoms with Crippen LogP contribution in [-0.4, -0.2) is 31.8 Å². The molecule has 2 aromatic rings. The summed E-state index contributed by atoms with van der Waals surface area (Å²) in [5.41, 5.74) is 2.86. The number of ether oxygens (including phenoxy) is 2. The summed E-state index contributed by atoms with van der Waals surface area (Å²) in [6, 6.07) is 13.4. The van der Waals surface area contributed by atoms with Crippen molar-refractivity contribution >= 4 is 11.6 Å². The van der Waals surface area contributed by atoms with Crippen LogP contribution in [0.4, 0.5) is 5.69 Å². The topological polar surface area (TPSA) is 67.8 Å². The summed E-state index contributed by atoms with van der Waals surface area (Å²) in [6.07, 6.45) is 1.56. The van der Waals surface area contributed by atoms with Crippen molar-refractivity contribution in [1.29, 1.82) is 0 Å². The van der Waals surface area contributed by atoms with Crippen LogP contribution in [0.5, 0.6) is 11.5 Å². The molecule has 5 heteroatoms. The minimum absolute atomic E-state index is 0.413. The number of hydrogen-bond acceptors (Lipinski definition) is 4. The molecule has 0 aliphatic carbocycles. The zero-order valence-electron chi connectivity index (χ0n) is 13.3. The van der Waals surface area contributed by atoms with E-state index in [0.717, 1.165) is 29.7 Å². The molecule has 0 radical (unpaired) electrons. The first-order chi connectivity index (χ1) is 11.2. The van der Waals surface area contributed by atoms with Crippen LogP contribution in [0.3, 0.4) is 0 Å². The van der Waals surface area contributed by atoms with Gasteiger partial charge >= 0.3 is 0 Å². The lowest BCUT2D eigenvalue weighted by molar-refractivity contribution is -0.118. The third kappa shape index (κ3) is 4.47. The Bertz CT molecular complexity index is 670. The molecule has 5 nitrogen and oxygen atoms in total. The number of carbonyl (C=O) groups excluding carboxylic acids is 1. The number of benzene rings is 2. The van der Waals surface area contributed by atoms with Gasteiger partial charge in [-0.25, -0.2) is 0 Å². The molecule has 0 atom stereocenters. The van der Waals surface area contributed by atoms with Crippen molar-refractivity contribution in [2.45, 2.75) is 12.8 Å². The fourth-order valence-electron chi connectivity index (χ4n) is 2.37. The number of methoxy groups -OCH3 is 2. The van der Waals surface area contributed by atoms with Gasteiger partial charge in [-0.2, -0.15) is 0 Å². The first-order valence-corrected chi connectivity index (χ1v) is 7.37. The van der Waals surface area contributed by atoms with E-state index in [4.69, 9.17) is 14.6 Å². The van der Waals surface area contributed by atoms with E-state index in [0.29, 0.717) is 11.5 Å². The Balaban J connectivity index is 2.10. The molecular weight excluding hydrogens is 294 g/mol. The number of aliphatic hydroxyl groups is 1. The van der Waals surface area contributed by atoms with Crippen LogP contribution in [0, 0.1) is 0 Å². The molecule has 1 amide bonds. The Morgan fingerprint density at radius 2 is 1.78 bits per heavy atom. The van der Waals surface area contributed by atoms with Crippen molar-refractivity contribution < 1.29 is 19.4 Å². The van der Waals surface area contributed by atoms with E-state index in [1.807, 2.05) is 42.5 Å². The molecule has 0 bridgehead atoms. The summed E-state index contributed by atoms with van der Waals surface area (Å²) in [4.78, 5) is 11.4. The quantitative estimate of drug-likeness (QED) is 0.823. The summed E-state index contributed by atoms with van der Waals surface area (Å²) in [6.45, 7) is -0.524. The Labute approximate surface area is 135 Å². The monoisotopic (exact) mass is 315 g/mol. The van der Waals surface area contributed by atoms with Gasteiger partial charge in [0.25, 0.3) is 0 Å². The number of para-hydroxylation sites is 1. The number of rotatable bonds is 7. The third-order valence-electron chi connectivity index (χ3n) is 3.57. The Morgan fingerprint density at radius 1 is 1.04 bits per heavy atom. The highest BCUT2D eigenvalue weighted by Crippen LogP contribution is 2.28. The second kappa shape index (κ2) is 8.19. The molecule has 2 N–H and O–H groups in total. The molecule has 0 aliphatic heterocycles. The molecule has 0 fully saturated rings. The van der Waals surface area contributed by atoms with Gasteiger partial charge in [-0.1, -0.05) is 24.3 Å². The Kier molecular flexibility index (Phi) is 6.00. The van der Waals surface area contributed by atoms with Crippen molar-refractivity contribution in [2.24, 2.45) is 0 Å². The fraction of sp³-hybridized carbons (Fsp3) is 0.278. The lowest BCUT2D eigenvalue weighted by Crippen LogP contribution is -2.16. The molecule has 0 aliphatic rings. The van der Waals surface area contributed by atoms with Crippen molar-refractivity contribution in [3.05, 3.63) is 53.6 Å². The molecule has 2 rings (SSSR count). The highest BCUT2D eigenvalue weighted by Gasteiger charge is 2.08. The van der Waals surface area contributed by atoms with Gasteiger partial charge in [0, 0.05) is 5.69 Å². The Morgan fingerprint density at radius 3 is 2.48 bits per heavy atom. The van der Waals surface area contributed by atoms with Crippen LogP contribution in [0.2, 0.25) is 0 Å². The van der Waals surface area contributed by atoms with Crippen LogP contribution >= 0.6 is 0 Å². The van der Waals surface area contributed by atoms with Crippen LogP contribution in [0.25, 0.3) is 0 Å². The summed E-state index contributed by atoms with van der Waals surface area (Å²) < 4.78 is 10.5. The molecule has 2 aromatic carbocycles. The Hall–Kier alpha value is -2.53. The predicted molar refractivity (Wildman–Crippen MR) is 89.1 cm³/mol. The van der Waals surface area contributed by atoms with E-state index >= 15 is 0 Å². The molecular formula is C18H21NO4. The van der Waals surface area contributed by atoms with Gasteiger partial charge in [0.05, 0.1) is 14.2 Å². The number of nitrogens with one attached hydrogen (secondary N) is 1. The van der Waals surface area contributed by atoms with Crippen molar-refractivity contribution in [2.75, 3.05) is 26.1 Å². The second-order valence-corrected chi connectivity index (χ2v) is 5.05. The van der Waals surface area contributed by atoms with Gasteiger partial charge in [-0.15, -0.1) is 0 Å². The summed E-state index contributed by atoms with van der Waals surface area (Å²) >= 11 is 0. The van der Waals surface area contributed by atoms with Crippen LogP contribution < -0.4 is 14.8 Å². The number of aliphatic hydroxyl groups excluding tert-OH is 1. The van der Waals surface area contributed by atoms with E-state index in [1.54, 1.807) is 14.2 Å². The number of hydrogen-bond donors (Lipinski definition) is 2. The lowest BCUT2D eigenvalue weighted by Gasteiger charge is -2.12. The van der Waals surface area contributed by atoms with Crippen LogP contribution in [0.15, 0.2) is 42.5 Å². The van der Waals surface area contributed by atoms with E-state index in [-0.39, 0.29) is 0 Å². The first kappa shape index (κ1) is 16.8. The molecule has 0 aromatic heterocycles. The standard InChI is InChI=1S/C18H21NO4/c1-22-16-10-8-13(11-17(16)23-2)7-9-14-5-3-4-6-15(14)19-18(21)12-20/h3-6,8,10-11,20H,7,9,12H2,1-2H3,(H,19,21). The van der Waals surface area contributed by atoms with E-state index < -0.39 is 12.5 Å². The van der Waals surface area contributed by atoms with Gasteiger partial charge in [0.15, 0.2) is 11.5 Å². The molecule has 0 saturated heterocycles. The molecule has 0 saturated carbocycles. The van der Waals surface area contributed by atoms with Crippen LogP contribution in [-0.2, 0) is 17.6 Å². The minimum atomic E-state index is -0.524. The van der Waals surface area contributed by atoms with Gasteiger partial charge in [0.2, 0.25) is 5.91 Å². The average molecular weight is 315 g/mol. The fourth-order valence-corrected chi connectivity index (χ4v) is 2.37. The molecule has 0 heterocycles. The second-order valence-electron chi connectivity index (χ2n) is 5.05. The van der Waals surface area contributed by atoms with E-state index in [9.17, 15) is 4.79 Å². The number of anilines is 1. The van der Waals surface area contributed by atoms with Crippen molar-refractivity contribution in [3.8, 4) is 11.5 Å². The number of amides is 1. The summed E-state index contributed by atoms with van der Waals surface area (Å²) in [5.74, 6) is 0.988. The summed E-state index contributed by atoms with van der Waals surface area (Å²) in [7, 11) is 3.22. The highest BCUT2D eigenvalue weighted by atomic mass is 16.5. The van der Waals surface area contributed by atoms with Gasteiger partial charge < -0.3 is 19.9 Å². The maximum atomic E-state index is 11.4. The SMILES string of the molecule is COc1ccc(CCc2ccccc2NC(=O)CO)cc1OC. The van der Waals surface area contributed by atoms with E-state index in [2.05, 4.69) is 5.32 Å². The predicted octanol–water partition coefficient (Wildman–Crippen LogP) is 2.42. The first-order valence-electron chi connectivity index (χ1n) is 7.37. The van der Waals surface area contributed by atoms with Crippen molar-refractivity contribution in [3.63, 3.8) is 0 Å². The van der Waals surface area contributed by atoms with Crippen molar-refractivity contribution in [1.82, 2.24) is 0 Å². The average Bonchev–Trinajstić information content (AvgIpc) is 2.60. The molecule has 23 heavy (non-hydrogen) atoms. The van der Waals surface area contributed by atoms with Gasteiger partial charge in [-0.05, 0) is 42.2 Å². The van der Waals surface area contributed by atoms with Crippen LogP contribution in [0.1, 0.15) is 11.1 Å². The minimum Gasteiger partial charge on any atom is -0.493 e. The number of aryl methyl sites for hydroxylation is 2. The van der Waals surface area contributed by atoms with Gasteiger partial charge in [0.1, 0.15) is 6.61 Å². The smallest absolute Gasteiger partial charge is 0.250 e. The molecule has 0 spiro atoms. The third-order valence-corrected chi connectivity index (χ3v) is 3.57.